The Morgan fingerprint density at radius 1 is 1.30 bits per heavy atom. The molecule has 0 aliphatic rings. The summed E-state index contributed by atoms with van der Waals surface area (Å²) in [6.45, 7) is 2.61. The van der Waals surface area contributed by atoms with Gasteiger partial charge in [-0.25, -0.2) is 9.37 Å². The second-order valence-electron chi connectivity index (χ2n) is 5.77. The molecule has 7 heteroatoms. The highest BCUT2D eigenvalue weighted by Gasteiger charge is 2.14. The molecule has 0 saturated carbocycles. The molecule has 1 heterocycles. The summed E-state index contributed by atoms with van der Waals surface area (Å²) >= 11 is 0. The van der Waals surface area contributed by atoms with Crippen molar-refractivity contribution >= 4 is 11.7 Å². The lowest BCUT2D eigenvalue weighted by atomic mass is 10.1. The van der Waals surface area contributed by atoms with E-state index in [0.29, 0.717) is 17.9 Å². The third kappa shape index (κ3) is 5.79. The molecule has 0 atom stereocenters. The molecule has 1 aromatic carbocycles. The van der Waals surface area contributed by atoms with Crippen LogP contribution in [-0.2, 0) is 17.9 Å². The molecule has 2 rings (SSSR count). The van der Waals surface area contributed by atoms with Gasteiger partial charge >= 0.3 is 0 Å². The van der Waals surface area contributed by atoms with Gasteiger partial charge in [-0.3, -0.25) is 4.79 Å². The maximum atomic E-state index is 14.5. The quantitative estimate of drug-likeness (QED) is 0.659. The number of pyridine rings is 1. The number of allylic oxidation sites excluding steroid dienone is 1. The Kier molecular flexibility index (Phi) is 7.76. The number of halogens is 1. The van der Waals surface area contributed by atoms with E-state index in [1.807, 2.05) is 19.1 Å². The Morgan fingerprint density at radius 2 is 2.11 bits per heavy atom. The summed E-state index contributed by atoms with van der Waals surface area (Å²) in [5.74, 6) is -0.681. The highest BCUT2D eigenvalue weighted by molar-refractivity contribution is 5.98. The number of benzene rings is 1. The first-order valence-electron chi connectivity index (χ1n) is 8.64. The molecule has 0 unspecified atom stereocenters. The Balaban J connectivity index is 2.01. The van der Waals surface area contributed by atoms with E-state index in [1.54, 1.807) is 37.4 Å². The first-order valence-corrected chi connectivity index (χ1v) is 8.64. The van der Waals surface area contributed by atoms with E-state index in [-0.39, 0.29) is 30.3 Å². The molecule has 0 saturated heterocycles. The van der Waals surface area contributed by atoms with Gasteiger partial charge in [-0.05, 0) is 24.6 Å². The molecule has 0 bridgehead atoms. The van der Waals surface area contributed by atoms with Gasteiger partial charge in [-0.15, -0.1) is 0 Å². The lowest BCUT2D eigenvalue weighted by Gasteiger charge is -2.11. The summed E-state index contributed by atoms with van der Waals surface area (Å²) in [5.41, 5.74) is 7.00. The summed E-state index contributed by atoms with van der Waals surface area (Å²) in [7, 11) is 1.55. The number of ether oxygens (including phenoxy) is 2. The fourth-order valence-corrected chi connectivity index (χ4v) is 2.38. The van der Waals surface area contributed by atoms with Crippen LogP contribution in [0.1, 0.15) is 35.0 Å². The molecule has 0 aliphatic carbocycles. The number of nitrogens with two attached hydrogens (primary N) is 1. The molecule has 0 fully saturated rings. The van der Waals surface area contributed by atoms with Crippen molar-refractivity contribution in [1.29, 1.82) is 0 Å². The van der Waals surface area contributed by atoms with Crippen LogP contribution in [0.25, 0.3) is 0 Å². The molecule has 27 heavy (non-hydrogen) atoms. The number of carbonyl (C=O) groups is 1. The van der Waals surface area contributed by atoms with E-state index in [0.717, 1.165) is 6.42 Å². The third-order valence-electron chi connectivity index (χ3n) is 3.74. The van der Waals surface area contributed by atoms with Gasteiger partial charge in [0.05, 0.1) is 17.9 Å². The summed E-state index contributed by atoms with van der Waals surface area (Å²) in [4.78, 5) is 16.4. The number of amides is 1. The van der Waals surface area contributed by atoms with Gasteiger partial charge in [0.1, 0.15) is 12.4 Å². The average Bonchev–Trinajstić information content (AvgIpc) is 2.65. The van der Waals surface area contributed by atoms with Crippen LogP contribution in [0.2, 0.25) is 0 Å². The Morgan fingerprint density at radius 3 is 2.81 bits per heavy atom. The lowest BCUT2D eigenvalue weighted by Crippen LogP contribution is -2.25. The zero-order valence-electron chi connectivity index (χ0n) is 15.5. The summed E-state index contributed by atoms with van der Waals surface area (Å²) in [6, 6.07) is 8.05. The molecule has 3 N–H and O–H groups in total. The normalized spacial score (nSPS) is 10.9. The van der Waals surface area contributed by atoms with Crippen molar-refractivity contribution < 1.29 is 18.7 Å². The number of anilines is 1. The molecule has 2 aromatic rings. The number of nitrogens with zero attached hydrogens (tertiary/aromatic N) is 1. The van der Waals surface area contributed by atoms with Crippen molar-refractivity contribution in [3.05, 3.63) is 65.1 Å². The number of rotatable bonds is 9. The van der Waals surface area contributed by atoms with Crippen molar-refractivity contribution in [1.82, 2.24) is 10.3 Å². The third-order valence-corrected chi connectivity index (χ3v) is 3.74. The van der Waals surface area contributed by atoms with E-state index in [9.17, 15) is 9.18 Å². The van der Waals surface area contributed by atoms with Crippen molar-refractivity contribution in [3.63, 3.8) is 0 Å². The molecule has 1 aromatic heterocycles. The van der Waals surface area contributed by atoms with E-state index < -0.39 is 11.7 Å². The van der Waals surface area contributed by atoms with Crippen LogP contribution < -0.4 is 15.8 Å². The fraction of sp³-hybridized carbons (Fsp3) is 0.300. The number of aromatic nitrogens is 1. The molecule has 6 nitrogen and oxygen atoms in total. The van der Waals surface area contributed by atoms with Crippen LogP contribution >= 0.6 is 0 Å². The molecule has 0 radical (unpaired) electrons. The minimum atomic E-state index is -0.496. The topological polar surface area (TPSA) is 86.5 Å². The fourth-order valence-electron chi connectivity index (χ4n) is 2.38. The molecule has 1 amide bonds. The van der Waals surface area contributed by atoms with Gasteiger partial charge in [-0.2, -0.15) is 0 Å². The van der Waals surface area contributed by atoms with E-state index in [1.165, 1.54) is 0 Å². The Hall–Kier alpha value is -2.93. The first-order chi connectivity index (χ1) is 13.1. The van der Waals surface area contributed by atoms with Gasteiger partial charge in [0, 0.05) is 19.2 Å². The molecule has 0 aliphatic heterocycles. The number of methoxy groups -OCH3 is 1. The van der Waals surface area contributed by atoms with E-state index >= 15 is 0 Å². The highest BCUT2D eigenvalue weighted by atomic mass is 19.1. The number of nitrogens with one attached hydrogen (secondary N) is 1. The summed E-state index contributed by atoms with van der Waals surface area (Å²) in [5, 5.41) is 2.65. The van der Waals surface area contributed by atoms with Crippen molar-refractivity contribution in [2.24, 2.45) is 0 Å². The summed E-state index contributed by atoms with van der Waals surface area (Å²) in [6.07, 6.45) is 4.66. The van der Waals surface area contributed by atoms with Gasteiger partial charge < -0.3 is 20.5 Å². The van der Waals surface area contributed by atoms with Gasteiger partial charge in [0.15, 0.2) is 11.6 Å². The SMILES string of the molecule is CC/C=C/COc1cccc(CNC(=O)c2ccc(COC)nc2N)c1F. The van der Waals surface area contributed by atoms with Crippen LogP contribution in [0, 0.1) is 5.82 Å². The van der Waals surface area contributed by atoms with Gasteiger partial charge in [-0.1, -0.05) is 31.2 Å². The Labute approximate surface area is 158 Å². The maximum absolute atomic E-state index is 14.5. The predicted octanol–water partition coefficient (Wildman–Crippen LogP) is 3.22. The average molecular weight is 373 g/mol. The molecule has 0 spiro atoms. The minimum Gasteiger partial charge on any atom is -0.486 e. The van der Waals surface area contributed by atoms with E-state index in [4.69, 9.17) is 15.2 Å². The molecular weight excluding hydrogens is 349 g/mol. The largest absolute Gasteiger partial charge is 0.486 e. The van der Waals surface area contributed by atoms with Crippen molar-refractivity contribution in [2.75, 3.05) is 19.5 Å². The van der Waals surface area contributed by atoms with E-state index in [2.05, 4.69) is 10.3 Å². The van der Waals surface area contributed by atoms with Gasteiger partial charge in [0.25, 0.3) is 5.91 Å². The number of carbonyl (C=O) groups excluding carboxylic acids is 1. The van der Waals surface area contributed by atoms with Crippen LogP contribution in [0.3, 0.4) is 0 Å². The highest BCUT2D eigenvalue weighted by Crippen LogP contribution is 2.21. The number of hydrogen-bond acceptors (Lipinski definition) is 5. The van der Waals surface area contributed by atoms with Crippen LogP contribution in [0.4, 0.5) is 10.2 Å². The number of hydrogen-bond donors (Lipinski definition) is 2. The smallest absolute Gasteiger partial charge is 0.255 e. The predicted molar refractivity (Wildman–Crippen MR) is 102 cm³/mol. The second-order valence-corrected chi connectivity index (χ2v) is 5.77. The van der Waals surface area contributed by atoms with Gasteiger partial charge in [0.2, 0.25) is 0 Å². The zero-order valence-corrected chi connectivity index (χ0v) is 15.5. The molecule has 144 valence electrons. The summed E-state index contributed by atoms with van der Waals surface area (Å²) < 4.78 is 24.9. The second kappa shape index (κ2) is 10.3. The van der Waals surface area contributed by atoms with Crippen molar-refractivity contribution in [2.45, 2.75) is 26.5 Å². The zero-order chi connectivity index (χ0) is 19.6. The maximum Gasteiger partial charge on any atom is 0.255 e. The monoisotopic (exact) mass is 373 g/mol. The lowest BCUT2D eigenvalue weighted by molar-refractivity contribution is 0.0951. The minimum absolute atomic E-state index is 0.00588. The van der Waals surface area contributed by atoms with Crippen molar-refractivity contribution in [3.8, 4) is 5.75 Å². The van der Waals surface area contributed by atoms with Crippen LogP contribution in [-0.4, -0.2) is 24.6 Å². The van der Waals surface area contributed by atoms with Crippen LogP contribution in [0.15, 0.2) is 42.5 Å². The molecular formula is C20H24FN3O3. The Bertz CT molecular complexity index is 809. The standard InChI is InChI=1S/C20H24FN3O3/c1-3-4-5-11-27-17-8-6-7-14(18(17)21)12-23-20(25)16-10-9-15(13-26-2)24-19(16)22/h4-10H,3,11-13H2,1-2H3,(H2,22,24)(H,23,25)/b5-4+. The van der Waals surface area contributed by atoms with Crippen LogP contribution in [0.5, 0.6) is 5.75 Å². The first kappa shape index (κ1) is 20.4. The number of nitrogen functional groups attached to an aromatic ring is 1.